The second-order valence-corrected chi connectivity index (χ2v) is 7.43. The molecule has 2 aromatic carbocycles. The third kappa shape index (κ3) is 3.62. The molecular weight excluding hydrogens is 368 g/mol. The number of aromatic nitrogens is 2. The molecule has 140 valence electrons. The summed E-state index contributed by atoms with van der Waals surface area (Å²) in [6.07, 6.45) is 0. The van der Waals surface area contributed by atoms with Crippen molar-refractivity contribution in [2.75, 3.05) is 0 Å². The van der Waals surface area contributed by atoms with Crippen LogP contribution in [0, 0.1) is 6.92 Å². The average Bonchev–Trinajstić information content (AvgIpc) is 3.16. The normalized spacial score (nSPS) is 10.8. The summed E-state index contributed by atoms with van der Waals surface area (Å²) in [6.45, 7) is 2.35. The lowest BCUT2D eigenvalue weighted by Gasteiger charge is -2.17. The monoisotopic (exact) mass is 388 g/mol. The van der Waals surface area contributed by atoms with Gasteiger partial charge in [0.15, 0.2) is 0 Å². The molecular formula is C23H20N2O2S. The van der Waals surface area contributed by atoms with Crippen molar-refractivity contribution < 1.29 is 4.74 Å². The average molecular weight is 388 g/mol. The smallest absolute Gasteiger partial charge is 0.261 e. The van der Waals surface area contributed by atoms with Crippen molar-refractivity contribution in [3.05, 3.63) is 93.7 Å². The standard InChI is InChI=1S/C23H20N2O2S/c1-16-15-28-22(24-16)19-13-20(27-14-17-9-5-3-6-10-17)21(25(2)23(19)26)18-11-7-4-8-12-18/h3-13,15H,14H2,1-2H3. The first-order valence-corrected chi connectivity index (χ1v) is 9.90. The fraction of sp³-hybridized carbons (Fsp3) is 0.130. The lowest BCUT2D eigenvalue weighted by Crippen LogP contribution is -2.21. The molecule has 2 heterocycles. The Morgan fingerprint density at radius 3 is 2.36 bits per heavy atom. The van der Waals surface area contributed by atoms with Crippen LogP contribution in [0.4, 0.5) is 0 Å². The molecule has 0 aliphatic heterocycles. The molecule has 0 N–H and O–H groups in total. The van der Waals surface area contributed by atoms with E-state index in [1.54, 1.807) is 11.6 Å². The third-order valence-corrected chi connectivity index (χ3v) is 5.51. The van der Waals surface area contributed by atoms with E-state index in [1.807, 2.05) is 79.0 Å². The highest BCUT2D eigenvalue weighted by atomic mass is 32.1. The molecule has 0 fully saturated rings. The summed E-state index contributed by atoms with van der Waals surface area (Å²) >= 11 is 1.47. The van der Waals surface area contributed by atoms with Crippen LogP contribution >= 0.6 is 11.3 Å². The Kier molecular flexibility index (Phi) is 5.08. The topological polar surface area (TPSA) is 44.1 Å². The summed E-state index contributed by atoms with van der Waals surface area (Å²) in [6, 6.07) is 21.7. The van der Waals surface area contributed by atoms with Gasteiger partial charge in [0.2, 0.25) is 0 Å². The van der Waals surface area contributed by atoms with Crippen LogP contribution in [-0.2, 0) is 13.7 Å². The van der Waals surface area contributed by atoms with E-state index in [4.69, 9.17) is 4.74 Å². The van der Waals surface area contributed by atoms with Crippen LogP contribution in [-0.4, -0.2) is 9.55 Å². The summed E-state index contributed by atoms with van der Waals surface area (Å²) in [7, 11) is 1.78. The molecule has 28 heavy (non-hydrogen) atoms. The maximum absolute atomic E-state index is 13.1. The van der Waals surface area contributed by atoms with Crippen molar-refractivity contribution in [2.45, 2.75) is 13.5 Å². The molecule has 0 spiro atoms. The van der Waals surface area contributed by atoms with Crippen LogP contribution in [0.1, 0.15) is 11.3 Å². The van der Waals surface area contributed by atoms with E-state index in [9.17, 15) is 4.79 Å². The summed E-state index contributed by atoms with van der Waals surface area (Å²) in [5.74, 6) is 0.667. The number of benzene rings is 2. The van der Waals surface area contributed by atoms with Gasteiger partial charge in [-0.15, -0.1) is 11.3 Å². The SMILES string of the molecule is Cc1csc(-c2cc(OCc3ccccc3)c(-c3ccccc3)n(C)c2=O)n1. The summed E-state index contributed by atoms with van der Waals surface area (Å²) in [5.41, 5.74) is 4.15. The lowest BCUT2D eigenvalue weighted by atomic mass is 10.1. The van der Waals surface area contributed by atoms with Gasteiger partial charge in [-0.05, 0) is 18.6 Å². The van der Waals surface area contributed by atoms with Gasteiger partial charge in [0.25, 0.3) is 5.56 Å². The molecule has 0 aliphatic carbocycles. The maximum atomic E-state index is 13.1. The van der Waals surface area contributed by atoms with E-state index in [0.29, 0.717) is 22.9 Å². The second-order valence-electron chi connectivity index (χ2n) is 6.57. The highest BCUT2D eigenvalue weighted by Crippen LogP contribution is 2.33. The molecule has 0 bridgehead atoms. The molecule has 5 heteroatoms. The number of aryl methyl sites for hydroxylation is 1. The predicted molar refractivity (Wildman–Crippen MR) is 114 cm³/mol. The van der Waals surface area contributed by atoms with Gasteiger partial charge in [-0.25, -0.2) is 4.98 Å². The molecule has 0 aliphatic rings. The Bertz CT molecular complexity index is 1150. The summed E-state index contributed by atoms with van der Waals surface area (Å²) < 4.78 is 7.85. The van der Waals surface area contributed by atoms with Gasteiger partial charge < -0.3 is 9.30 Å². The number of rotatable bonds is 5. The zero-order chi connectivity index (χ0) is 19.5. The van der Waals surface area contributed by atoms with Crippen molar-refractivity contribution in [3.8, 4) is 27.6 Å². The summed E-state index contributed by atoms with van der Waals surface area (Å²) in [4.78, 5) is 17.6. The Morgan fingerprint density at radius 2 is 1.71 bits per heavy atom. The van der Waals surface area contributed by atoms with E-state index in [1.165, 1.54) is 11.3 Å². The quantitative estimate of drug-likeness (QED) is 0.480. The van der Waals surface area contributed by atoms with Crippen LogP contribution in [0.5, 0.6) is 5.75 Å². The van der Waals surface area contributed by atoms with Crippen molar-refractivity contribution in [2.24, 2.45) is 7.05 Å². The van der Waals surface area contributed by atoms with E-state index in [0.717, 1.165) is 22.5 Å². The Morgan fingerprint density at radius 1 is 1.04 bits per heavy atom. The molecule has 0 saturated carbocycles. The number of pyridine rings is 1. The Hall–Kier alpha value is -3.18. The summed E-state index contributed by atoms with van der Waals surface area (Å²) in [5, 5.41) is 2.66. The molecule has 4 aromatic rings. The predicted octanol–water partition coefficient (Wildman–Crippen LogP) is 5.06. The number of ether oxygens (including phenoxy) is 1. The van der Waals surface area contributed by atoms with Crippen molar-refractivity contribution in [1.29, 1.82) is 0 Å². The van der Waals surface area contributed by atoms with Gasteiger partial charge in [0.1, 0.15) is 17.4 Å². The van der Waals surface area contributed by atoms with Crippen LogP contribution in [0.2, 0.25) is 0 Å². The molecule has 2 aromatic heterocycles. The number of thiazole rings is 1. The van der Waals surface area contributed by atoms with Crippen LogP contribution in [0.15, 0.2) is 76.9 Å². The van der Waals surface area contributed by atoms with E-state index < -0.39 is 0 Å². The molecule has 4 rings (SSSR count). The van der Waals surface area contributed by atoms with Gasteiger partial charge in [-0.2, -0.15) is 0 Å². The number of hydrogen-bond donors (Lipinski definition) is 0. The number of hydrogen-bond acceptors (Lipinski definition) is 4. The molecule has 0 radical (unpaired) electrons. The van der Waals surface area contributed by atoms with Crippen LogP contribution < -0.4 is 10.3 Å². The highest BCUT2D eigenvalue weighted by molar-refractivity contribution is 7.13. The first-order valence-electron chi connectivity index (χ1n) is 9.02. The largest absolute Gasteiger partial charge is 0.487 e. The van der Waals surface area contributed by atoms with Crippen LogP contribution in [0.3, 0.4) is 0 Å². The van der Waals surface area contributed by atoms with Gasteiger partial charge in [-0.3, -0.25) is 4.79 Å². The minimum atomic E-state index is -0.0831. The highest BCUT2D eigenvalue weighted by Gasteiger charge is 2.18. The minimum absolute atomic E-state index is 0.0831. The molecule has 4 nitrogen and oxygen atoms in total. The zero-order valence-electron chi connectivity index (χ0n) is 15.8. The number of nitrogens with zero attached hydrogens (tertiary/aromatic N) is 2. The Labute approximate surface area is 167 Å². The molecule has 0 unspecified atom stereocenters. The van der Waals surface area contributed by atoms with Crippen molar-refractivity contribution in [3.63, 3.8) is 0 Å². The van der Waals surface area contributed by atoms with Gasteiger partial charge in [-0.1, -0.05) is 60.7 Å². The fourth-order valence-corrected chi connectivity index (χ4v) is 3.92. The maximum Gasteiger partial charge on any atom is 0.261 e. The molecule has 0 saturated heterocycles. The minimum Gasteiger partial charge on any atom is -0.487 e. The first-order chi connectivity index (χ1) is 13.6. The first kappa shape index (κ1) is 18.2. The molecule has 0 atom stereocenters. The molecule has 0 amide bonds. The Balaban J connectivity index is 1.84. The lowest BCUT2D eigenvalue weighted by molar-refractivity contribution is 0.305. The van der Waals surface area contributed by atoms with E-state index in [2.05, 4.69) is 4.98 Å². The van der Waals surface area contributed by atoms with E-state index in [-0.39, 0.29) is 5.56 Å². The van der Waals surface area contributed by atoms with Gasteiger partial charge in [0, 0.05) is 23.7 Å². The van der Waals surface area contributed by atoms with Crippen molar-refractivity contribution >= 4 is 11.3 Å². The van der Waals surface area contributed by atoms with E-state index >= 15 is 0 Å². The van der Waals surface area contributed by atoms with Crippen molar-refractivity contribution in [1.82, 2.24) is 9.55 Å². The van der Waals surface area contributed by atoms with Crippen LogP contribution in [0.25, 0.3) is 21.8 Å². The fourth-order valence-electron chi connectivity index (χ4n) is 3.12. The third-order valence-electron chi connectivity index (χ3n) is 4.51. The van der Waals surface area contributed by atoms with Gasteiger partial charge >= 0.3 is 0 Å². The van der Waals surface area contributed by atoms with Gasteiger partial charge in [0.05, 0.1) is 11.3 Å². The second kappa shape index (κ2) is 7.82. The zero-order valence-corrected chi connectivity index (χ0v) is 16.6.